The highest BCUT2D eigenvalue weighted by atomic mass is 15.3. The van der Waals surface area contributed by atoms with Crippen LogP contribution in [0.25, 0.3) is 0 Å². The van der Waals surface area contributed by atoms with Crippen molar-refractivity contribution in [2.24, 2.45) is 5.41 Å². The van der Waals surface area contributed by atoms with Gasteiger partial charge in [0, 0.05) is 30.3 Å². The van der Waals surface area contributed by atoms with E-state index in [0.29, 0.717) is 5.41 Å². The van der Waals surface area contributed by atoms with E-state index in [4.69, 9.17) is 0 Å². The van der Waals surface area contributed by atoms with Crippen LogP contribution < -0.4 is 4.90 Å². The van der Waals surface area contributed by atoms with E-state index >= 15 is 0 Å². The maximum atomic E-state index is 4.33. The van der Waals surface area contributed by atoms with Crippen LogP contribution in [0.1, 0.15) is 31.4 Å². The Morgan fingerprint density at radius 3 is 2.60 bits per heavy atom. The van der Waals surface area contributed by atoms with Crippen molar-refractivity contribution >= 4 is 5.82 Å². The molecule has 1 aromatic heterocycles. The van der Waals surface area contributed by atoms with Gasteiger partial charge in [0.1, 0.15) is 12.1 Å². The predicted molar refractivity (Wildman–Crippen MR) is 59.9 cm³/mol. The van der Waals surface area contributed by atoms with Gasteiger partial charge in [-0.15, -0.1) is 0 Å². The van der Waals surface area contributed by atoms with Crippen LogP contribution in [-0.2, 0) is 0 Å². The molecular weight excluding hydrogens is 186 g/mol. The summed E-state index contributed by atoms with van der Waals surface area (Å²) in [4.78, 5) is 10.9. The topological polar surface area (TPSA) is 29.0 Å². The number of nitrogens with zero attached hydrogens (tertiary/aromatic N) is 3. The SMILES string of the molecule is Cc1cc(N2CC3(CCCC3)C2)ncn1. The first-order chi connectivity index (χ1) is 7.27. The fraction of sp³-hybridized carbons (Fsp3) is 0.667. The van der Waals surface area contributed by atoms with Crippen LogP contribution in [0, 0.1) is 12.3 Å². The Kier molecular flexibility index (Phi) is 1.94. The summed E-state index contributed by atoms with van der Waals surface area (Å²) in [5, 5.41) is 0. The Balaban J connectivity index is 1.72. The van der Waals surface area contributed by atoms with Gasteiger partial charge in [0.25, 0.3) is 0 Å². The minimum Gasteiger partial charge on any atom is -0.355 e. The zero-order valence-corrected chi connectivity index (χ0v) is 9.24. The molecule has 3 heteroatoms. The molecule has 1 aliphatic carbocycles. The van der Waals surface area contributed by atoms with Crippen LogP contribution >= 0.6 is 0 Å². The van der Waals surface area contributed by atoms with Gasteiger partial charge in [-0.3, -0.25) is 0 Å². The highest BCUT2D eigenvalue weighted by Gasteiger charge is 2.45. The van der Waals surface area contributed by atoms with Crippen molar-refractivity contribution in [3.63, 3.8) is 0 Å². The minimum absolute atomic E-state index is 0.652. The summed E-state index contributed by atoms with van der Waals surface area (Å²) in [6.45, 7) is 4.45. The smallest absolute Gasteiger partial charge is 0.132 e. The molecule has 0 unspecified atom stereocenters. The first-order valence-corrected chi connectivity index (χ1v) is 5.81. The first-order valence-electron chi connectivity index (χ1n) is 5.81. The van der Waals surface area contributed by atoms with Crippen LogP contribution in [0.2, 0.25) is 0 Å². The number of aryl methyl sites for hydroxylation is 1. The van der Waals surface area contributed by atoms with E-state index in [1.165, 1.54) is 38.8 Å². The number of rotatable bonds is 1. The van der Waals surface area contributed by atoms with Gasteiger partial charge in [0.05, 0.1) is 0 Å². The molecule has 0 N–H and O–H groups in total. The number of aromatic nitrogens is 2. The Morgan fingerprint density at radius 2 is 1.93 bits per heavy atom. The van der Waals surface area contributed by atoms with Gasteiger partial charge < -0.3 is 4.90 Å². The molecule has 3 nitrogen and oxygen atoms in total. The Hall–Kier alpha value is -1.12. The second-order valence-electron chi connectivity index (χ2n) is 5.08. The number of anilines is 1. The lowest BCUT2D eigenvalue weighted by atomic mass is 9.78. The third-order valence-electron chi connectivity index (χ3n) is 3.83. The molecule has 2 fully saturated rings. The van der Waals surface area contributed by atoms with Crippen LogP contribution in [0.3, 0.4) is 0 Å². The van der Waals surface area contributed by atoms with Crippen molar-refractivity contribution in [2.75, 3.05) is 18.0 Å². The summed E-state index contributed by atoms with van der Waals surface area (Å²) in [6, 6.07) is 2.09. The lowest BCUT2D eigenvalue weighted by Gasteiger charge is -2.49. The number of hydrogen-bond donors (Lipinski definition) is 0. The average Bonchev–Trinajstić information content (AvgIpc) is 2.64. The van der Waals surface area contributed by atoms with Crippen LogP contribution in [0.15, 0.2) is 12.4 Å². The lowest BCUT2D eigenvalue weighted by Crippen LogP contribution is -2.55. The number of hydrogen-bond acceptors (Lipinski definition) is 3. The fourth-order valence-electron chi connectivity index (χ4n) is 2.98. The van der Waals surface area contributed by atoms with Gasteiger partial charge in [0.2, 0.25) is 0 Å². The highest BCUT2D eigenvalue weighted by molar-refractivity contribution is 5.43. The monoisotopic (exact) mass is 203 g/mol. The van der Waals surface area contributed by atoms with Crippen molar-refractivity contribution < 1.29 is 0 Å². The summed E-state index contributed by atoms with van der Waals surface area (Å²) >= 11 is 0. The molecule has 0 bridgehead atoms. The fourth-order valence-corrected chi connectivity index (χ4v) is 2.98. The zero-order chi connectivity index (χ0) is 10.3. The van der Waals surface area contributed by atoms with Gasteiger partial charge in [-0.25, -0.2) is 9.97 Å². The van der Waals surface area contributed by atoms with Gasteiger partial charge in [0.15, 0.2) is 0 Å². The molecule has 1 aliphatic heterocycles. The van der Waals surface area contributed by atoms with Crippen LogP contribution in [-0.4, -0.2) is 23.1 Å². The molecule has 1 spiro atoms. The quantitative estimate of drug-likeness (QED) is 0.700. The van der Waals surface area contributed by atoms with Crippen LogP contribution in [0.5, 0.6) is 0 Å². The summed E-state index contributed by atoms with van der Waals surface area (Å²) in [6.07, 6.45) is 7.37. The lowest BCUT2D eigenvalue weighted by molar-refractivity contribution is 0.220. The molecule has 15 heavy (non-hydrogen) atoms. The van der Waals surface area contributed by atoms with Gasteiger partial charge >= 0.3 is 0 Å². The molecule has 3 rings (SSSR count). The highest BCUT2D eigenvalue weighted by Crippen LogP contribution is 2.46. The predicted octanol–water partition coefficient (Wildman–Crippen LogP) is 2.17. The third-order valence-corrected chi connectivity index (χ3v) is 3.83. The normalized spacial score (nSPS) is 23.1. The van der Waals surface area contributed by atoms with E-state index < -0.39 is 0 Å². The van der Waals surface area contributed by atoms with Crippen LogP contribution in [0.4, 0.5) is 5.82 Å². The molecule has 0 radical (unpaired) electrons. The van der Waals surface area contributed by atoms with Crippen molar-refractivity contribution in [1.82, 2.24) is 9.97 Å². The van der Waals surface area contributed by atoms with E-state index in [1.54, 1.807) is 6.33 Å². The molecule has 0 aromatic carbocycles. The summed E-state index contributed by atoms with van der Waals surface area (Å²) < 4.78 is 0. The molecule has 2 heterocycles. The first kappa shape index (κ1) is 9.13. The molecular formula is C12H17N3. The maximum Gasteiger partial charge on any atom is 0.132 e. The average molecular weight is 203 g/mol. The molecule has 0 amide bonds. The standard InChI is InChI=1S/C12H17N3/c1-10-6-11(14-9-13-10)15-7-12(8-15)4-2-3-5-12/h6,9H,2-5,7-8H2,1H3. The van der Waals surface area contributed by atoms with Crippen molar-refractivity contribution in [3.05, 3.63) is 18.1 Å². The van der Waals surface area contributed by atoms with E-state index in [0.717, 1.165) is 11.5 Å². The largest absolute Gasteiger partial charge is 0.355 e. The zero-order valence-electron chi connectivity index (χ0n) is 9.24. The summed E-state index contributed by atoms with van der Waals surface area (Å²) in [5.74, 6) is 1.11. The Bertz CT molecular complexity index is 361. The molecule has 80 valence electrons. The van der Waals surface area contributed by atoms with E-state index in [-0.39, 0.29) is 0 Å². The van der Waals surface area contributed by atoms with Gasteiger partial charge in [-0.05, 0) is 19.8 Å². The van der Waals surface area contributed by atoms with Gasteiger partial charge in [-0.1, -0.05) is 12.8 Å². The summed E-state index contributed by atoms with van der Waals surface area (Å²) in [5.41, 5.74) is 1.71. The molecule has 0 atom stereocenters. The molecule has 1 saturated carbocycles. The van der Waals surface area contributed by atoms with Crippen molar-refractivity contribution in [3.8, 4) is 0 Å². The maximum absolute atomic E-state index is 4.33. The van der Waals surface area contributed by atoms with E-state index in [9.17, 15) is 0 Å². The molecule has 1 aromatic rings. The minimum atomic E-state index is 0.652. The second kappa shape index (κ2) is 3.19. The van der Waals surface area contributed by atoms with Gasteiger partial charge in [-0.2, -0.15) is 0 Å². The Morgan fingerprint density at radius 1 is 1.20 bits per heavy atom. The van der Waals surface area contributed by atoms with E-state index in [2.05, 4.69) is 20.9 Å². The van der Waals surface area contributed by atoms with Crippen molar-refractivity contribution in [1.29, 1.82) is 0 Å². The summed E-state index contributed by atoms with van der Waals surface area (Å²) in [7, 11) is 0. The third kappa shape index (κ3) is 1.50. The Labute approximate surface area is 90.5 Å². The molecule has 1 saturated heterocycles. The van der Waals surface area contributed by atoms with E-state index in [1.807, 2.05) is 6.92 Å². The second-order valence-corrected chi connectivity index (χ2v) is 5.08. The molecule has 2 aliphatic rings. The van der Waals surface area contributed by atoms with Crippen molar-refractivity contribution in [2.45, 2.75) is 32.6 Å².